The van der Waals surface area contributed by atoms with Gasteiger partial charge in [0.25, 0.3) is 0 Å². The van der Waals surface area contributed by atoms with Crippen LogP contribution in [0.5, 0.6) is 0 Å². The van der Waals surface area contributed by atoms with Crippen LogP contribution in [0, 0.1) is 0 Å². The van der Waals surface area contributed by atoms with Crippen molar-refractivity contribution in [2.75, 3.05) is 38.0 Å². The number of hydrogen-bond donors (Lipinski definition) is 0. The van der Waals surface area contributed by atoms with Gasteiger partial charge < -0.3 is 9.80 Å². The molecule has 1 heterocycles. The highest BCUT2D eigenvalue weighted by Gasteiger charge is 2.37. The van der Waals surface area contributed by atoms with Crippen molar-refractivity contribution in [3.8, 4) is 11.1 Å². The lowest BCUT2D eigenvalue weighted by atomic mass is 9.91. The zero-order valence-electron chi connectivity index (χ0n) is 25.6. The summed E-state index contributed by atoms with van der Waals surface area (Å²) in [5.74, 6) is 0. The van der Waals surface area contributed by atoms with E-state index in [2.05, 4.69) is 0 Å². The van der Waals surface area contributed by atoms with E-state index in [9.17, 15) is 26.3 Å². The van der Waals surface area contributed by atoms with Gasteiger partial charge in [-0.2, -0.15) is 26.3 Å². The molecule has 0 aliphatic rings. The SMILES string of the molecule is CN(C)c1ccc(/C=C/c2nc3ccccc3c(/C=C/c3ccc(N(C)C)cc3)c2-c2cc(C(F)(F)F)cc(C(F)(F)F)c2)cc1. The van der Waals surface area contributed by atoms with Crippen LogP contribution < -0.4 is 9.80 Å². The predicted octanol–water partition coefficient (Wildman–Crippen LogP) is 10.4. The van der Waals surface area contributed by atoms with Gasteiger partial charge in [-0.05, 0) is 76.9 Å². The highest BCUT2D eigenvalue weighted by Crippen LogP contribution is 2.42. The van der Waals surface area contributed by atoms with E-state index in [1.807, 2.05) is 86.5 Å². The van der Waals surface area contributed by atoms with Crippen molar-refractivity contribution in [2.24, 2.45) is 0 Å². The Morgan fingerprint density at radius 1 is 0.565 bits per heavy atom. The van der Waals surface area contributed by atoms with Gasteiger partial charge in [0, 0.05) is 50.5 Å². The van der Waals surface area contributed by atoms with E-state index < -0.39 is 23.5 Å². The number of benzene rings is 4. The van der Waals surface area contributed by atoms with Crippen molar-refractivity contribution in [3.05, 3.63) is 125 Å². The average molecular weight is 632 g/mol. The maximum atomic E-state index is 14.0. The van der Waals surface area contributed by atoms with E-state index >= 15 is 0 Å². The smallest absolute Gasteiger partial charge is 0.378 e. The largest absolute Gasteiger partial charge is 0.416 e. The molecule has 5 aromatic rings. The van der Waals surface area contributed by atoms with Gasteiger partial charge in [0.2, 0.25) is 0 Å². The molecule has 5 rings (SSSR count). The number of rotatable bonds is 7. The molecule has 0 radical (unpaired) electrons. The number of alkyl halides is 6. The Balaban J connectivity index is 1.79. The van der Waals surface area contributed by atoms with Crippen LogP contribution in [0.1, 0.15) is 33.5 Å². The van der Waals surface area contributed by atoms with Gasteiger partial charge >= 0.3 is 12.4 Å². The molecular formula is C37H31F6N3. The van der Waals surface area contributed by atoms with Crippen molar-refractivity contribution in [3.63, 3.8) is 0 Å². The number of anilines is 2. The molecule has 0 spiro atoms. The maximum absolute atomic E-state index is 14.0. The van der Waals surface area contributed by atoms with Crippen molar-refractivity contribution < 1.29 is 26.3 Å². The highest BCUT2D eigenvalue weighted by molar-refractivity contribution is 6.00. The van der Waals surface area contributed by atoms with Crippen LogP contribution in [0.3, 0.4) is 0 Å². The molecule has 0 amide bonds. The zero-order valence-corrected chi connectivity index (χ0v) is 25.6. The minimum Gasteiger partial charge on any atom is -0.378 e. The van der Waals surface area contributed by atoms with E-state index in [1.54, 1.807) is 48.6 Å². The molecule has 46 heavy (non-hydrogen) atoms. The van der Waals surface area contributed by atoms with Crippen LogP contribution in [-0.4, -0.2) is 33.2 Å². The van der Waals surface area contributed by atoms with Crippen LogP contribution >= 0.6 is 0 Å². The lowest BCUT2D eigenvalue weighted by Gasteiger charge is -2.18. The lowest BCUT2D eigenvalue weighted by molar-refractivity contribution is -0.143. The second-order valence-electron chi connectivity index (χ2n) is 11.2. The fraction of sp³-hybridized carbons (Fsp3) is 0.162. The number of hydrogen-bond acceptors (Lipinski definition) is 3. The van der Waals surface area contributed by atoms with Crippen LogP contribution in [-0.2, 0) is 12.4 Å². The maximum Gasteiger partial charge on any atom is 0.416 e. The Labute approximate surface area is 263 Å². The van der Waals surface area contributed by atoms with Gasteiger partial charge in [-0.3, -0.25) is 0 Å². The minimum absolute atomic E-state index is 0.140. The quantitative estimate of drug-likeness (QED) is 0.167. The first-order valence-corrected chi connectivity index (χ1v) is 14.3. The van der Waals surface area contributed by atoms with E-state index in [1.165, 1.54) is 0 Å². The Kier molecular flexibility index (Phi) is 8.96. The van der Waals surface area contributed by atoms with Crippen LogP contribution in [0.2, 0.25) is 0 Å². The van der Waals surface area contributed by atoms with Crippen LogP contribution in [0.25, 0.3) is 46.3 Å². The molecule has 4 aromatic carbocycles. The Morgan fingerprint density at radius 3 is 1.52 bits per heavy atom. The molecular weight excluding hydrogens is 600 g/mol. The number of nitrogens with zero attached hydrogens (tertiary/aromatic N) is 3. The average Bonchev–Trinajstić information content (AvgIpc) is 3.01. The molecule has 0 N–H and O–H groups in total. The minimum atomic E-state index is -5.01. The van der Waals surface area contributed by atoms with Crippen LogP contribution in [0.15, 0.2) is 91.0 Å². The van der Waals surface area contributed by atoms with Gasteiger partial charge in [-0.15, -0.1) is 0 Å². The molecule has 0 bridgehead atoms. The summed E-state index contributed by atoms with van der Waals surface area (Å²) in [6, 6.07) is 23.9. The first-order chi connectivity index (χ1) is 21.7. The predicted molar refractivity (Wildman–Crippen MR) is 177 cm³/mol. The van der Waals surface area contributed by atoms with Gasteiger partial charge in [-0.25, -0.2) is 4.98 Å². The molecule has 0 atom stereocenters. The lowest BCUT2D eigenvalue weighted by Crippen LogP contribution is -2.11. The summed E-state index contributed by atoms with van der Waals surface area (Å²) in [5.41, 5.74) is 1.85. The molecule has 0 saturated heterocycles. The molecule has 0 saturated carbocycles. The van der Waals surface area contributed by atoms with Gasteiger partial charge in [-0.1, -0.05) is 60.7 Å². The normalized spacial score (nSPS) is 12.4. The number of fused-ring (bicyclic) bond motifs is 1. The van der Waals surface area contributed by atoms with E-state index in [0.717, 1.165) is 34.6 Å². The summed E-state index contributed by atoms with van der Waals surface area (Å²) in [5, 5.41) is 0.581. The third-order valence-corrected chi connectivity index (χ3v) is 7.53. The number of halogens is 6. The fourth-order valence-electron chi connectivity index (χ4n) is 5.08. The van der Waals surface area contributed by atoms with Crippen molar-refractivity contribution >= 4 is 46.6 Å². The van der Waals surface area contributed by atoms with Crippen LogP contribution in [0.4, 0.5) is 37.7 Å². The second-order valence-corrected chi connectivity index (χ2v) is 11.2. The first kappa shape index (κ1) is 32.3. The molecule has 3 nitrogen and oxygen atoms in total. The molecule has 236 valence electrons. The third kappa shape index (κ3) is 7.25. The van der Waals surface area contributed by atoms with Gasteiger partial charge in [0.15, 0.2) is 0 Å². The van der Waals surface area contributed by atoms with E-state index in [4.69, 9.17) is 4.98 Å². The second kappa shape index (κ2) is 12.7. The number of aromatic nitrogens is 1. The summed E-state index contributed by atoms with van der Waals surface area (Å²) >= 11 is 0. The Hall–Kier alpha value is -5.05. The highest BCUT2D eigenvalue weighted by atomic mass is 19.4. The van der Waals surface area contributed by atoms with Gasteiger partial charge in [0.05, 0.1) is 22.3 Å². The number of para-hydroxylation sites is 1. The molecule has 0 aliphatic carbocycles. The fourth-order valence-corrected chi connectivity index (χ4v) is 5.08. The zero-order chi connectivity index (χ0) is 33.2. The standard InChI is InChI=1S/C37H31F6N3/c1-45(2)29-15-9-24(10-16-29)13-19-32-31-7-5-6-8-33(31)44-34(20-14-25-11-17-30(18-12-25)46(3)4)35(32)26-21-27(36(38,39)40)23-28(22-26)37(41,42)43/h5-23H,1-4H3/b19-13+,20-14+. The van der Waals surface area contributed by atoms with E-state index in [-0.39, 0.29) is 22.9 Å². The Bertz CT molecular complexity index is 1870. The molecule has 9 heteroatoms. The Morgan fingerprint density at radius 2 is 1.04 bits per heavy atom. The molecule has 0 fully saturated rings. The van der Waals surface area contributed by atoms with E-state index in [0.29, 0.717) is 16.5 Å². The summed E-state index contributed by atoms with van der Waals surface area (Å²) in [7, 11) is 7.64. The third-order valence-electron chi connectivity index (χ3n) is 7.53. The van der Waals surface area contributed by atoms with Crippen molar-refractivity contribution in [1.82, 2.24) is 4.98 Å². The topological polar surface area (TPSA) is 19.4 Å². The van der Waals surface area contributed by atoms with Crippen molar-refractivity contribution in [1.29, 1.82) is 0 Å². The summed E-state index contributed by atoms with van der Waals surface area (Å²) in [6.45, 7) is 0. The summed E-state index contributed by atoms with van der Waals surface area (Å²) in [4.78, 5) is 8.63. The molecule has 1 aromatic heterocycles. The number of pyridine rings is 1. The molecule has 0 unspecified atom stereocenters. The van der Waals surface area contributed by atoms with Gasteiger partial charge in [0.1, 0.15) is 0 Å². The summed E-state index contributed by atoms with van der Waals surface area (Å²) < 4.78 is 84.0. The van der Waals surface area contributed by atoms with Crippen molar-refractivity contribution in [2.45, 2.75) is 12.4 Å². The first-order valence-electron chi connectivity index (χ1n) is 14.3. The molecule has 0 aliphatic heterocycles. The summed E-state index contributed by atoms with van der Waals surface area (Å²) in [6.07, 6.45) is -3.13. The monoisotopic (exact) mass is 631 g/mol.